The Morgan fingerprint density at radius 2 is 1.86 bits per heavy atom. The number of pyridine rings is 1. The van der Waals surface area contributed by atoms with Crippen LogP contribution < -0.4 is 10.1 Å². The number of benzene rings is 2. The fourth-order valence-electron chi connectivity index (χ4n) is 2.24. The summed E-state index contributed by atoms with van der Waals surface area (Å²) < 4.78 is 5.87. The topological polar surface area (TPSA) is 34.2 Å². The van der Waals surface area contributed by atoms with E-state index in [1.165, 1.54) is 16.3 Å². The number of hydrogen-bond acceptors (Lipinski definition) is 3. The average molecular weight is 278 g/mol. The monoisotopic (exact) mass is 278 g/mol. The van der Waals surface area contributed by atoms with Crippen LogP contribution in [0.25, 0.3) is 10.8 Å². The lowest BCUT2D eigenvalue weighted by Gasteiger charge is -2.08. The van der Waals surface area contributed by atoms with E-state index in [4.69, 9.17) is 4.74 Å². The highest BCUT2D eigenvalue weighted by Gasteiger charge is 2.02. The molecule has 106 valence electrons. The minimum absolute atomic E-state index is 0.626. The summed E-state index contributed by atoms with van der Waals surface area (Å²) in [5, 5.41) is 5.67. The molecule has 0 fully saturated rings. The van der Waals surface area contributed by atoms with Gasteiger partial charge in [-0.3, -0.25) is 0 Å². The van der Waals surface area contributed by atoms with Crippen LogP contribution in [-0.4, -0.2) is 11.5 Å². The minimum Gasteiger partial charge on any atom is -0.439 e. The van der Waals surface area contributed by atoms with Crippen molar-refractivity contribution in [2.45, 2.75) is 13.5 Å². The van der Waals surface area contributed by atoms with E-state index in [9.17, 15) is 0 Å². The third-order valence-corrected chi connectivity index (χ3v) is 3.32. The van der Waals surface area contributed by atoms with Gasteiger partial charge in [0, 0.05) is 18.8 Å². The summed E-state index contributed by atoms with van der Waals surface area (Å²) in [6.07, 6.45) is 1.78. The maximum Gasteiger partial charge on any atom is 0.219 e. The molecule has 3 rings (SSSR count). The van der Waals surface area contributed by atoms with Gasteiger partial charge in [-0.1, -0.05) is 37.3 Å². The number of aromatic nitrogens is 1. The first kappa shape index (κ1) is 13.6. The molecule has 0 aliphatic carbocycles. The molecule has 0 amide bonds. The Morgan fingerprint density at radius 1 is 1.00 bits per heavy atom. The van der Waals surface area contributed by atoms with Gasteiger partial charge in [0.05, 0.1) is 0 Å². The first-order chi connectivity index (χ1) is 10.3. The highest BCUT2D eigenvalue weighted by Crippen LogP contribution is 2.24. The largest absolute Gasteiger partial charge is 0.439 e. The van der Waals surface area contributed by atoms with E-state index >= 15 is 0 Å². The Morgan fingerprint density at radius 3 is 2.71 bits per heavy atom. The summed E-state index contributed by atoms with van der Waals surface area (Å²) in [5.74, 6) is 1.43. The second-order valence-electron chi connectivity index (χ2n) is 4.89. The van der Waals surface area contributed by atoms with Crippen molar-refractivity contribution in [3.05, 3.63) is 66.4 Å². The second-order valence-corrected chi connectivity index (χ2v) is 4.89. The Balaban J connectivity index is 1.81. The van der Waals surface area contributed by atoms with E-state index < -0.39 is 0 Å². The van der Waals surface area contributed by atoms with E-state index in [0.717, 1.165) is 18.8 Å². The highest BCUT2D eigenvalue weighted by molar-refractivity contribution is 5.83. The molecule has 1 heterocycles. The van der Waals surface area contributed by atoms with Crippen molar-refractivity contribution in [1.29, 1.82) is 0 Å². The van der Waals surface area contributed by atoms with Crippen LogP contribution in [0.1, 0.15) is 12.5 Å². The van der Waals surface area contributed by atoms with Crippen LogP contribution in [-0.2, 0) is 6.54 Å². The van der Waals surface area contributed by atoms with Gasteiger partial charge >= 0.3 is 0 Å². The molecule has 0 radical (unpaired) electrons. The first-order valence-corrected chi connectivity index (χ1v) is 7.17. The van der Waals surface area contributed by atoms with Gasteiger partial charge in [0.1, 0.15) is 5.75 Å². The number of hydrogen-bond donors (Lipinski definition) is 1. The zero-order valence-electron chi connectivity index (χ0n) is 12.0. The van der Waals surface area contributed by atoms with Crippen LogP contribution in [0.2, 0.25) is 0 Å². The highest BCUT2D eigenvalue weighted by atomic mass is 16.5. The van der Waals surface area contributed by atoms with Crippen molar-refractivity contribution in [2.75, 3.05) is 6.54 Å². The van der Waals surface area contributed by atoms with Gasteiger partial charge < -0.3 is 10.1 Å². The second kappa shape index (κ2) is 6.37. The number of nitrogens with one attached hydrogen (secondary N) is 1. The minimum atomic E-state index is 0.626. The van der Waals surface area contributed by atoms with Crippen molar-refractivity contribution >= 4 is 10.8 Å². The molecular weight excluding hydrogens is 260 g/mol. The van der Waals surface area contributed by atoms with Gasteiger partial charge in [-0.2, -0.15) is 0 Å². The van der Waals surface area contributed by atoms with E-state index in [1.807, 2.05) is 36.4 Å². The molecule has 0 aliphatic rings. The summed E-state index contributed by atoms with van der Waals surface area (Å²) in [4.78, 5) is 4.27. The van der Waals surface area contributed by atoms with Gasteiger partial charge in [0.15, 0.2) is 0 Å². The molecule has 0 atom stereocenters. The molecule has 3 nitrogen and oxygen atoms in total. The summed E-state index contributed by atoms with van der Waals surface area (Å²) in [6, 6.07) is 18.3. The SMILES string of the molecule is CCNCc1ccnc(Oc2ccc3ccccc3c2)c1. The number of rotatable bonds is 5. The molecule has 0 spiro atoms. The van der Waals surface area contributed by atoms with Crippen LogP contribution in [0, 0.1) is 0 Å². The molecule has 0 bridgehead atoms. The number of fused-ring (bicyclic) bond motifs is 1. The quantitative estimate of drug-likeness (QED) is 0.761. The summed E-state index contributed by atoms with van der Waals surface area (Å²) >= 11 is 0. The fraction of sp³-hybridized carbons (Fsp3) is 0.167. The molecule has 0 aliphatic heterocycles. The van der Waals surface area contributed by atoms with E-state index in [2.05, 4.69) is 35.4 Å². The lowest BCUT2D eigenvalue weighted by molar-refractivity contribution is 0.462. The predicted octanol–water partition coefficient (Wildman–Crippen LogP) is 4.14. The van der Waals surface area contributed by atoms with Crippen molar-refractivity contribution in [3.8, 4) is 11.6 Å². The first-order valence-electron chi connectivity index (χ1n) is 7.17. The number of nitrogens with zero attached hydrogens (tertiary/aromatic N) is 1. The normalized spacial score (nSPS) is 10.7. The smallest absolute Gasteiger partial charge is 0.219 e. The fourth-order valence-corrected chi connectivity index (χ4v) is 2.24. The lowest BCUT2D eigenvalue weighted by Crippen LogP contribution is -2.11. The molecule has 2 aromatic carbocycles. The molecule has 3 heteroatoms. The van der Waals surface area contributed by atoms with E-state index in [1.54, 1.807) is 6.20 Å². The van der Waals surface area contributed by atoms with Crippen molar-refractivity contribution in [3.63, 3.8) is 0 Å². The Labute approximate surface area is 124 Å². The third kappa shape index (κ3) is 3.38. The molecule has 21 heavy (non-hydrogen) atoms. The maximum atomic E-state index is 5.87. The standard InChI is InChI=1S/C18H18N2O/c1-2-19-13-14-9-10-20-18(11-14)21-17-8-7-15-5-3-4-6-16(15)12-17/h3-12,19H,2,13H2,1H3. The van der Waals surface area contributed by atoms with Gasteiger partial charge in [-0.05, 0) is 41.1 Å². The molecule has 1 aromatic heterocycles. The molecule has 0 unspecified atom stereocenters. The van der Waals surface area contributed by atoms with Gasteiger partial charge in [-0.25, -0.2) is 4.98 Å². The zero-order valence-corrected chi connectivity index (χ0v) is 12.0. The van der Waals surface area contributed by atoms with Crippen LogP contribution in [0.3, 0.4) is 0 Å². The molecular formula is C18H18N2O. The third-order valence-electron chi connectivity index (χ3n) is 3.32. The molecule has 0 saturated carbocycles. The number of ether oxygens (including phenoxy) is 1. The summed E-state index contributed by atoms with van der Waals surface area (Å²) in [7, 11) is 0. The van der Waals surface area contributed by atoms with Crippen LogP contribution in [0.4, 0.5) is 0 Å². The van der Waals surface area contributed by atoms with Crippen molar-refractivity contribution in [2.24, 2.45) is 0 Å². The summed E-state index contributed by atoms with van der Waals surface area (Å²) in [6.45, 7) is 3.87. The average Bonchev–Trinajstić information content (AvgIpc) is 2.53. The van der Waals surface area contributed by atoms with Crippen LogP contribution in [0.5, 0.6) is 11.6 Å². The predicted molar refractivity (Wildman–Crippen MR) is 85.6 cm³/mol. The Bertz CT molecular complexity index is 740. The summed E-state index contributed by atoms with van der Waals surface area (Å²) in [5.41, 5.74) is 1.17. The lowest BCUT2D eigenvalue weighted by atomic mass is 10.1. The van der Waals surface area contributed by atoms with Gasteiger partial charge in [-0.15, -0.1) is 0 Å². The van der Waals surface area contributed by atoms with Gasteiger partial charge in [0.25, 0.3) is 0 Å². The van der Waals surface area contributed by atoms with Gasteiger partial charge in [0.2, 0.25) is 5.88 Å². The van der Waals surface area contributed by atoms with Crippen molar-refractivity contribution < 1.29 is 4.74 Å². The molecule has 3 aromatic rings. The maximum absolute atomic E-state index is 5.87. The molecule has 0 saturated heterocycles. The van der Waals surface area contributed by atoms with Crippen LogP contribution >= 0.6 is 0 Å². The Hall–Kier alpha value is -2.39. The Kier molecular flexibility index (Phi) is 4.12. The molecule has 1 N–H and O–H groups in total. The van der Waals surface area contributed by atoms with E-state index in [0.29, 0.717) is 5.88 Å². The van der Waals surface area contributed by atoms with Crippen LogP contribution in [0.15, 0.2) is 60.8 Å². The zero-order chi connectivity index (χ0) is 14.5. The van der Waals surface area contributed by atoms with E-state index in [-0.39, 0.29) is 0 Å². The van der Waals surface area contributed by atoms with Crippen molar-refractivity contribution in [1.82, 2.24) is 10.3 Å².